The molecule has 25 heavy (non-hydrogen) atoms. The standard InChI is InChI=1S/C22H45NO2/c1-3-5-7-9-10-14-18-21(17-13-8-6-4-2)22(24)25-20-16-12-11-15-19-23/h21H,3-20,23H2,1-2H3. The molecule has 0 aromatic rings. The van der Waals surface area contributed by atoms with Crippen molar-refractivity contribution in [2.75, 3.05) is 13.2 Å². The molecule has 0 aliphatic heterocycles. The minimum Gasteiger partial charge on any atom is -0.465 e. The quantitative estimate of drug-likeness (QED) is 0.216. The molecule has 3 heteroatoms. The summed E-state index contributed by atoms with van der Waals surface area (Å²) in [6.07, 6.45) is 19.0. The second kappa shape index (κ2) is 19.8. The molecule has 1 unspecified atom stereocenters. The highest BCUT2D eigenvalue weighted by Crippen LogP contribution is 2.20. The van der Waals surface area contributed by atoms with E-state index < -0.39 is 0 Å². The van der Waals surface area contributed by atoms with E-state index in [1.54, 1.807) is 0 Å². The fourth-order valence-electron chi connectivity index (χ4n) is 3.26. The molecule has 0 spiro atoms. The Morgan fingerprint density at radius 1 is 0.720 bits per heavy atom. The third-order valence-corrected chi connectivity index (χ3v) is 4.99. The Bertz CT molecular complexity index is 281. The molecule has 0 aromatic carbocycles. The van der Waals surface area contributed by atoms with Gasteiger partial charge in [-0.2, -0.15) is 0 Å². The van der Waals surface area contributed by atoms with Crippen LogP contribution in [0, 0.1) is 5.92 Å². The van der Waals surface area contributed by atoms with Gasteiger partial charge in [-0.25, -0.2) is 0 Å². The van der Waals surface area contributed by atoms with Gasteiger partial charge in [0.25, 0.3) is 0 Å². The summed E-state index contributed by atoms with van der Waals surface area (Å²) in [5, 5.41) is 0. The van der Waals surface area contributed by atoms with Gasteiger partial charge < -0.3 is 10.5 Å². The molecule has 0 radical (unpaired) electrons. The minimum absolute atomic E-state index is 0.0591. The maximum absolute atomic E-state index is 12.4. The lowest BCUT2D eigenvalue weighted by Gasteiger charge is -2.16. The van der Waals surface area contributed by atoms with Gasteiger partial charge in [-0.15, -0.1) is 0 Å². The van der Waals surface area contributed by atoms with Crippen molar-refractivity contribution in [3.05, 3.63) is 0 Å². The van der Waals surface area contributed by atoms with Crippen LogP contribution in [0.4, 0.5) is 0 Å². The van der Waals surface area contributed by atoms with Gasteiger partial charge in [0, 0.05) is 0 Å². The first-order chi connectivity index (χ1) is 12.3. The van der Waals surface area contributed by atoms with Gasteiger partial charge in [-0.05, 0) is 32.2 Å². The summed E-state index contributed by atoms with van der Waals surface area (Å²) in [5.41, 5.74) is 5.50. The monoisotopic (exact) mass is 355 g/mol. The van der Waals surface area contributed by atoms with E-state index in [4.69, 9.17) is 10.5 Å². The lowest BCUT2D eigenvalue weighted by molar-refractivity contribution is -0.149. The van der Waals surface area contributed by atoms with Crippen molar-refractivity contribution in [3.8, 4) is 0 Å². The first kappa shape index (κ1) is 24.4. The Labute approximate surface area is 157 Å². The Morgan fingerprint density at radius 3 is 1.80 bits per heavy atom. The lowest BCUT2D eigenvalue weighted by atomic mass is 9.94. The number of carbonyl (C=O) groups excluding carboxylic acids is 1. The van der Waals surface area contributed by atoms with Crippen LogP contribution in [-0.2, 0) is 9.53 Å². The highest BCUT2D eigenvalue weighted by molar-refractivity contribution is 5.72. The molecular formula is C22H45NO2. The Morgan fingerprint density at radius 2 is 1.20 bits per heavy atom. The molecule has 1 atom stereocenters. The summed E-state index contributed by atoms with van der Waals surface area (Å²) >= 11 is 0. The molecular weight excluding hydrogens is 310 g/mol. The Hall–Kier alpha value is -0.570. The topological polar surface area (TPSA) is 52.3 Å². The van der Waals surface area contributed by atoms with Gasteiger partial charge in [0.05, 0.1) is 12.5 Å². The molecule has 0 aliphatic carbocycles. The molecule has 0 aliphatic rings. The van der Waals surface area contributed by atoms with Gasteiger partial charge in [-0.3, -0.25) is 4.79 Å². The number of nitrogens with two attached hydrogens (primary N) is 1. The average molecular weight is 356 g/mol. The predicted octanol–water partition coefficient (Wildman–Crippen LogP) is 6.39. The fraction of sp³-hybridized carbons (Fsp3) is 0.955. The molecule has 3 nitrogen and oxygen atoms in total. The third kappa shape index (κ3) is 16.6. The summed E-state index contributed by atoms with van der Waals surface area (Å²) in [5.74, 6) is 0.191. The average Bonchev–Trinajstić information content (AvgIpc) is 2.62. The Kier molecular flexibility index (Phi) is 19.3. The predicted molar refractivity (Wildman–Crippen MR) is 109 cm³/mol. The Balaban J connectivity index is 3.97. The van der Waals surface area contributed by atoms with Gasteiger partial charge in [0.15, 0.2) is 0 Å². The van der Waals surface area contributed by atoms with Crippen molar-refractivity contribution >= 4 is 5.97 Å². The van der Waals surface area contributed by atoms with Crippen molar-refractivity contribution in [1.29, 1.82) is 0 Å². The largest absolute Gasteiger partial charge is 0.465 e. The van der Waals surface area contributed by atoms with Crippen molar-refractivity contribution in [2.45, 2.75) is 117 Å². The maximum atomic E-state index is 12.4. The van der Waals surface area contributed by atoms with Gasteiger partial charge in [0.1, 0.15) is 0 Å². The molecule has 0 amide bonds. The number of esters is 1. The van der Waals surface area contributed by atoms with Crippen molar-refractivity contribution in [1.82, 2.24) is 0 Å². The van der Waals surface area contributed by atoms with E-state index in [9.17, 15) is 4.79 Å². The molecule has 2 N–H and O–H groups in total. The number of hydrogen-bond donors (Lipinski definition) is 1. The summed E-state index contributed by atoms with van der Waals surface area (Å²) in [4.78, 5) is 12.4. The van der Waals surface area contributed by atoms with Crippen LogP contribution in [-0.4, -0.2) is 19.1 Å². The minimum atomic E-state index is 0.0591. The molecule has 0 heterocycles. The van der Waals surface area contributed by atoms with E-state index in [1.165, 1.54) is 64.2 Å². The number of ether oxygens (including phenoxy) is 1. The van der Waals surface area contributed by atoms with Crippen molar-refractivity contribution in [2.24, 2.45) is 11.7 Å². The first-order valence-electron chi connectivity index (χ1n) is 11.1. The maximum Gasteiger partial charge on any atom is 0.308 e. The van der Waals surface area contributed by atoms with Crippen LogP contribution in [0.2, 0.25) is 0 Å². The van der Waals surface area contributed by atoms with Crippen LogP contribution in [0.15, 0.2) is 0 Å². The van der Waals surface area contributed by atoms with E-state index in [1.807, 2.05) is 0 Å². The van der Waals surface area contributed by atoms with E-state index >= 15 is 0 Å². The van der Waals surface area contributed by atoms with Crippen LogP contribution in [0.25, 0.3) is 0 Å². The zero-order chi connectivity index (χ0) is 18.6. The summed E-state index contributed by atoms with van der Waals surface area (Å²) in [6, 6.07) is 0. The van der Waals surface area contributed by atoms with Gasteiger partial charge >= 0.3 is 5.97 Å². The highest BCUT2D eigenvalue weighted by atomic mass is 16.5. The molecule has 0 saturated carbocycles. The van der Waals surface area contributed by atoms with Crippen LogP contribution in [0.3, 0.4) is 0 Å². The summed E-state index contributed by atoms with van der Waals surface area (Å²) in [7, 11) is 0. The molecule has 0 rings (SSSR count). The normalized spacial score (nSPS) is 12.3. The van der Waals surface area contributed by atoms with E-state index in [0.29, 0.717) is 6.61 Å². The number of unbranched alkanes of at least 4 members (excludes halogenated alkanes) is 11. The molecule has 150 valence electrons. The summed E-state index contributed by atoms with van der Waals surface area (Å²) in [6.45, 7) is 5.83. The number of carbonyl (C=O) groups is 1. The van der Waals surface area contributed by atoms with Crippen molar-refractivity contribution in [3.63, 3.8) is 0 Å². The smallest absolute Gasteiger partial charge is 0.308 e. The SMILES string of the molecule is CCCCCCCCC(CCCCCC)C(=O)OCCCCCCN. The van der Waals surface area contributed by atoms with E-state index in [-0.39, 0.29) is 11.9 Å². The molecule has 0 aromatic heterocycles. The molecule has 0 fully saturated rings. The van der Waals surface area contributed by atoms with Gasteiger partial charge in [0.2, 0.25) is 0 Å². The first-order valence-corrected chi connectivity index (χ1v) is 11.1. The third-order valence-electron chi connectivity index (χ3n) is 4.99. The number of hydrogen-bond acceptors (Lipinski definition) is 3. The van der Waals surface area contributed by atoms with Crippen molar-refractivity contribution < 1.29 is 9.53 Å². The lowest BCUT2D eigenvalue weighted by Crippen LogP contribution is -2.18. The van der Waals surface area contributed by atoms with Crippen LogP contribution >= 0.6 is 0 Å². The van der Waals surface area contributed by atoms with Crippen LogP contribution in [0.1, 0.15) is 117 Å². The number of rotatable bonds is 19. The van der Waals surface area contributed by atoms with E-state index in [0.717, 1.165) is 45.1 Å². The molecule has 0 bridgehead atoms. The second-order valence-electron chi connectivity index (χ2n) is 7.47. The second-order valence-corrected chi connectivity index (χ2v) is 7.47. The fourth-order valence-corrected chi connectivity index (χ4v) is 3.26. The summed E-state index contributed by atoms with van der Waals surface area (Å²) < 4.78 is 5.57. The molecule has 0 saturated heterocycles. The van der Waals surface area contributed by atoms with Crippen LogP contribution in [0.5, 0.6) is 0 Å². The van der Waals surface area contributed by atoms with E-state index in [2.05, 4.69) is 13.8 Å². The highest BCUT2D eigenvalue weighted by Gasteiger charge is 2.19. The zero-order valence-electron chi connectivity index (χ0n) is 17.2. The zero-order valence-corrected chi connectivity index (χ0v) is 17.2. The van der Waals surface area contributed by atoms with Gasteiger partial charge in [-0.1, -0.05) is 90.9 Å². The van der Waals surface area contributed by atoms with Crippen LogP contribution < -0.4 is 5.73 Å².